The second-order valence-corrected chi connectivity index (χ2v) is 15.9. The number of Topliss-reactive ketones (excluding diaryl/α,β-unsaturated/α-hetero) is 2. The fourth-order valence-corrected chi connectivity index (χ4v) is 7.26. The van der Waals surface area contributed by atoms with Crippen molar-refractivity contribution in [1.29, 1.82) is 0 Å². The first-order chi connectivity index (χ1) is 23.5. The van der Waals surface area contributed by atoms with Gasteiger partial charge in [0.05, 0.1) is 6.61 Å². The molecule has 0 heterocycles. The van der Waals surface area contributed by atoms with Gasteiger partial charge in [0, 0.05) is 12.8 Å². The Labute approximate surface area is 302 Å². The Kier molecular flexibility index (Phi) is 37.0. The molecule has 0 aliphatic carbocycles. The van der Waals surface area contributed by atoms with Crippen LogP contribution in [0.5, 0.6) is 0 Å². The summed E-state index contributed by atoms with van der Waals surface area (Å²) in [5.74, 6) is -0.0946. The molecule has 286 valence electrons. The minimum absolute atomic E-state index is 0.0473. The van der Waals surface area contributed by atoms with E-state index in [0.29, 0.717) is 12.8 Å². The summed E-state index contributed by atoms with van der Waals surface area (Å²) in [5.41, 5.74) is -1.19. The van der Waals surface area contributed by atoms with Crippen LogP contribution in [-0.2, 0) is 9.59 Å². The van der Waals surface area contributed by atoms with E-state index in [9.17, 15) is 14.7 Å². The summed E-state index contributed by atoms with van der Waals surface area (Å²) in [6.45, 7) is 5.91. The third-order valence-electron chi connectivity index (χ3n) is 11.1. The molecule has 3 nitrogen and oxygen atoms in total. The van der Waals surface area contributed by atoms with Gasteiger partial charge in [0.1, 0.15) is 17.0 Å². The van der Waals surface area contributed by atoms with Crippen LogP contribution in [0.25, 0.3) is 0 Å². The second-order valence-electron chi connectivity index (χ2n) is 15.9. The van der Waals surface area contributed by atoms with E-state index < -0.39 is 5.41 Å². The monoisotopic (exact) mass is 677 g/mol. The van der Waals surface area contributed by atoms with Crippen molar-refractivity contribution in [2.45, 2.75) is 265 Å². The largest absolute Gasteiger partial charge is 0.395 e. The summed E-state index contributed by atoms with van der Waals surface area (Å²) in [4.78, 5) is 25.8. The smallest absolute Gasteiger partial charge is 0.148 e. The average Bonchev–Trinajstić information content (AvgIpc) is 3.09. The minimum Gasteiger partial charge on any atom is -0.395 e. The Balaban J connectivity index is 3.60. The maximum atomic E-state index is 12.9. The first kappa shape index (κ1) is 47.3. The van der Waals surface area contributed by atoms with E-state index in [0.717, 1.165) is 25.7 Å². The van der Waals surface area contributed by atoms with Gasteiger partial charge < -0.3 is 5.11 Å². The highest BCUT2D eigenvalue weighted by Crippen LogP contribution is 2.26. The Morgan fingerprint density at radius 3 is 0.667 bits per heavy atom. The Hall–Kier alpha value is -0.700. The van der Waals surface area contributed by atoms with Crippen LogP contribution >= 0.6 is 0 Å². The average molecular weight is 677 g/mol. The van der Waals surface area contributed by atoms with Gasteiger partial charge in [0.15, 0.2) is 0 Å². The molecule has 0 rings (SSSR count). The van der Waals surface area contributed by atoms with Gasteiger partial charge in [-0.3, -0.25) is 9.59 Å². The number of ketones is 2. The molecule has 1 N–H and O–H groups in total. The molecule has 48 heavy (non-hydrogen) atoms. The van der Waals surface area contributed by atoms with Crippen molar-refractivity contribution in [2.75, 3.05) is 6.61 Å². The molecule has 0 unspecified atom stereocenters. The molecule has 0 spiro atoms. The van der Waals surface area contributed by atoms with E-state index >= 15 is 0 Å². The molecule has 0 aliphatic rings. The van der Waals surface area contributed by atoms with Gasteiger partial charge in [0.2, 0.25) is 0 Å². The maximum Gasteiger partial charge on any atom is 0.148 e. The zero-order valence-corrected chi connectivity index (χ0v) is 33.3. The summed E-state index contributed by atoms with van der Waals surface area (Å²) < 4.78 is 0. The van der Waals surface area contributed by atoms with Gasteiger partial charge in [-0.25, -0.2) is 0 Å². The van der Waals surface area contributed by atoms with Crippen molar-refractivity contribution in [2.24, 2.45) is 5.41 Å². The minimum atomic E-state index is -1.19. The number of carbonyl (C=O) groups excluding carboxylic acids is 2. The first-order valence-electron chi connectivity index (χ1n) is 22.2. The molecule has 3 heteroatoms. The van der Waals surface area contributed by atoms with Gasteiger partial charge >= 0.3 is 0 Å². The molecular formula is C45H88O3. The highest BCUT2D eigenvalue weighted by atomic mass is 16.3. The van der Waals surface area contributed by atoms with E-state index in [-0.39, 0.29) is 18.2 Å². The maximum absolute atomic E-state index is 12.9. The summed E-state index contributed by atoms with van der Waals surface area (Å²) in [6, 6.07) is 0. The molecule has 0 amide bonds. The van der Waals surface area contributed by atoms with E-state index in [1.807, 2.05) is 0 Å². The van der Waals surface area contributed by atoms with Crippen molar-refractivity contribution in [3.05, 3.63) is 0 Å². The lowest BCUT2D eigenvalue weighted by molar-refractivity contribution is -0.142. The number of aliphatic hydroxyl groups is 1. The molecule has 0 aromatic rings. The van der Waals surface area contributed by atoms with Crippen molar-refractivity contribution in [3.8, 4) is 0 Å². The SMILES string of the molecule is CCCCCCCCCCCCCCCCCCCCC(=O)C(C)(CO)C(=O)CCCCCCCCCCCCCCCCCCCC. The number of carbonyl (C=O) groups is 2. The summed E-state index contributed by atoms with van der Waals surface area (Å²) in [5, 5.41) is 9.99. The molecule has 0 saturated carbocycles. The standard InChI is InChI=1S/C45H88O3/c1-4-6-8-10-12-14-16-18-20-22-24-26-28-30-32-34-36-38-40-43(47)45(3,42-46)44(48)41-39-37-35-33-31-29-27-25-23-21-19-17-15-13-11-9-7-5-2/h46H,4-42H2,1-3H3. The second kappa shape index (κ2) is 37.6. The lowest BCUT2D eigenvalue weighted by Crippen LogP contribution is -2.39. The Bertz CT molecular complexity index is 619. The van der Waals surface area contributed by atoms with Crippen molar-refractivity contribution < 1.29 is 14.7 Å². The van der Waals surface area contributed by atoms with Crippen molar-refractivity contribution in [3.63, 3.8) is 0 Å². The Morgan fingerprint density at radius 2 is 0.500 bits per heavy atom. The molecule has 0 aromatic carbocycles. The normalized spacial score (nSPS) is 11.8. The van der Waals surface area contributed by atoms with E-state index in [1.165, 1.54) is 205 Å². The van der Waals surface area contributed by atoms with Gasteiger partial charge in [0.25, 0.3) is 0 Å². The highest BCUT2D eigenvalue weighted by molar-refractivity contribution is 6.06. The van der Waals surface area contributed by atoms with Crippen LogP contribution < -0.4 is 0 Å². The van der Waals surface area contributed by atoms with Crippen LogP contribution in [0.1, 0.15) is 265 Å². The molecule has 0 aromatic heterocycles. The number of rotatable bonds is 41. The van der Waals surface area contributed by atoms with Crippen molar-refractivity contribution >= 4 is 11.6 Å². The van der Waals surface area contributed by atoms with Crippen LogP contribution in [0.4, 0.5) is 0 Å². The Morgan fingerprint density at radius 1 is 0.333 bits per heavy atom. The zero-order valence-electron chi connectivity index (χ0n) is 33.3. The third kappa shape index (κ3) is 30.2. The lowest BCUT2D eigenvalue weighted by atomic mass is 9.78. The summed E-state index contributed by atoms with van der Waals surface area (Å²) >= 11 is 0. The number of hydrogen-bond donors (Lipinski definition) is 1. The van der Waals surface area contributed by atoms with Crippen molar-refractivity contribution in [1.82, 2.24) is 0 Å². The molecule has 0 aliphatic heterocycles. The highest BCUT2D eigenvalue weighted by Gasteiger charge is 2.38. The van der Waals surface area contributed by atoms with E-state index in [1.54, 1.807) is 6.92 Å². The van der Waals surface area contributed by atoms with Crippen LogP contribution in [0, 0.1) is 5.41 Å². The molecule has 0 fully saturated rings. The topological polar surface area (TPSA) is 54.4 Å². The summed E-state index contributed by atoms with van der Waals surface area (Å²) in [6.07, 6.45) is 48.6. The van der Waals surface area contributed by atoms with Crippen LogP contribution in [0.2, 0.25) is 0 Å². The van der Waals surface area contributed by atoms with Gasteiger partial charge in [-0.15, -0.1) is 0 Å². The predicted molar refractivity (Wildman–Crippen MR) is 212 cm³/mol. The fraction of sp³-hybridized carbons (Fsp3) is 0.956. The zero-order chi connectivity index (χ0) is 35.2. The summed E-state index contributed by atoms with van der Waals surface area (Å²) in [7, 11) is 0. The molecule has 0 atom stereocenters. The quantitative estimate of drug-likeness (QED) is 0.0518. The molecule has 0 bridgehead atoms. The first-order valence-corrected chi connectivity index (χ1v) is 22.2. The number of unbranched alkanes of at least 4 members (excludes halogenated alkanes) is 34. The lowest BCUT2D eigenvalue weighted by Gasteiger charge is -2.24. The number of aliphatic hydroxyl groups excluding tert-OH is 1. The third-order valence-corrected chi connectivity index (χ3v) is 11.1. The van der Waals surface area contributed by atoms with Crippen LogP contribution in [0.15, 0.2) is 0 Å². The van der Waals surface area contributed by atoms with E-state index in [2.05, 4.69) is 13.8 Å². The van der Waals surface area contributed by atoms with Gasteiger partial charge in [-0.2, -0.15) is 0 Å². The number of hydrogen-bond acceptors (Lipinski definition) is 3. The van der Waals surface area contributed by atoms with Crippen LogP contribution in [-0.4, -0.2) is 23.3 Å². The molecule has 0 radical (unpaired) electrons. The van der Waals surface area contributed by atoms with Gasteiger partial charge in [-0.1, -0.05) is 232 Å². The van der Waals surface area contributed by atoms with E-state index in [4.69, 9.17) is 0 Å². The molecular weight excluding hydrogens is 588 g/mol. The van der Waals surface area contributed by atoms with Crippen LogP contribution in [0.3, 0.4) is 0 Å². The fourth-order valence-electron chi connectivity index (χ4n) is 7.26. The molecule has 0 saturated heterocycles. The predicted octanol–water partition coefficient (Wildman–Crippen LogP) is 15.0. The van der Waals surface area contributed by atoms with Gasteiger partial charge in [-0.05, 0) is 19.8 Å².